The van der Waals surface area contributed by atoms with Crippen LogP contribution in [0.3, 0.4) is 0 Å². The first kappa shape index (κ1) is 6.89. The van der Waals surface area contributed by atoms with Gasteiger partial charge in [0.05, 0.1) is 5.01 Å². The van der Waals surface area contributed by atoms with Crippen molar-refractivity contribution in [1.29, 1.82) is 0 Å². The maximum Gasteiger partial charge on any atom is 0.162 e. The molecule has 0 bridgehead atoms. The Morgan fingerprint density at radius 3 is 2.67 bits per heavy atom. The first-order valence-corrected chi connectivity index (χ1v) is 3.93. The number of hydrogen-bond donors (Lipinski definition) is 0. The molecule has 0 aliphatic rings. The van der Waals surface area contributed by atoms with Crippen LogP contribution in [0, 0.1) is 6.92 Å². The second kappa shape index (κ2) is 2.58. The molecule has 0 fully saturated rings. The molecule has 0 unspecified atom stereocenters. The summed E-state index contributed by atoms with van der Waals surface area (Å²) in [5, 5.41) is 0.906. The summed E-state index contributed by atoms with van der Waals surface area (Å²) in [4.78, 5) is 14.8. The molecule has 1 heterocycles. The zero-order chi connectivity index (χ0) is 6.85. The molecule has 0 N–H and O–H groups in total. The minimum Gasteiger partial charge on any atom is -0.297 e. The number of nitrogens with zero attached hydrogens (tertiary/aromatic N) is 1. The monoisotopic (exact) mass is 205 g/mol. The van der Waals surface area contributed by atoms with Gasteiger partial charge in [-0.2, -0.15) is 0 Å². The van der Waals surface area contributed by atoms with Gasteiger partial charge in [0, 0.05) is 0 Å². The highest BCUT2D eigenvalue weighted by Gasteiger charge is 2.02. The molecular weight excluding hydrogens is 202 g/mol. The molecule has 9 heavy (non-hydrogen) atoms. The van der Waals surface area contributed by atoms with Gasteiger partial charge in [-0.3, -0.25) is 4.79 Å². The topological polar surface area (TPSA) is 30.0 Å². The van der Waals surface area contributed by atoms with Crippen LogP contribution in [0.5, 0.6) is 0 Å². The molecule has 0 spiro atoms. The molecule has 0 saturated heterocycles. The summed E-state index contributed by atoms with van der Waals surface area (Å²) in [6.45, 7) is 1.86. The van der Waals surface area contributed by atoms with E-state index in [4.69, 9.17) is 0 Å². The average molecular weight is 206 g/mol. The fourth-order valence-electron chi connectivity index (χ4n) is 0.490. The summed E-state index contributed by atoms with van der Waals surface area (Å²) in [5.74, 6) is 0. The van der Waals surface area contributed by atoms with Gasteiger partial charge in [0.2, 0.25) is 0 Å². The smallest absolute Gasteiger partial charge is 0.162 e. The lowest BCUT2D eigenvalue weighted by Crippen LogP contribution is -1.70. The normalized spacial score (nSPS) is 9.56. The van der Waals surface area contributed by atoms with Gasteiger partial charge < -0.3 is 0 Å². The van der Waals surface area contributed by atoms with Crippen molar-refractivity contribution in [3.05, 3.63) is 14.5 Å². The SMILES string of the molecule is Cc1nc(Br)c(C=O)s1. The summed E-state index contributed by atoms with van der Waals surface area (Å²) in [7, 11) is 0. The number of aromatic nitrogens is 1. The van der Waals surface area contributed by atoms with E-state index >= 15 is 0 Å². The van der Waals surface area contributed by atoms with Crippen molar-refractivity contribution in [2.45, 2.75) is 6.92 Å². The molecule has 0 aromatic carbocycles. The maximum absolute atomic E-state index is 10.2. The zero-order valence-corrected chi connectivity index (χ0v) is 7.12. The molecule has 0 radical (unpaired) electrons. The highest BCUT2D eigenvalue weighted by atomic mass is 79.9. The van der Waals surface area contributed by atoms with Gasteiger partial charge in [0.25, 0.3) is 0 Å². The van der Waals surface area contributed by atoms with Crippen LogP contribution in [0.1, 0.15) is 14.7 Å². The van der Waals surface area contributed by atoms with Crippen LogP contribution in [0.4, 0.5) is 0 Å². The molecule has 1 aromatic rings. The summed E-state index contributed by atoms with van der Waals surface area (Å²) < 4.78 is 0.653. The second-order valence-corrected chi connectivity index (χ2v) is 3.49. The van der Waals surface area contributed by atoms with Crippen molar-refractivity contribution in [1.82, 2.24) is 4.98 Å². The number of halogens is 1. The van der Waals surface area contributed by atoms with Crippen molar-refractivity contribution in [2.75, 3.05) is 0 Å². The number of aldehydes is 1. The first-order chi connectivity index (χ1) is 4.24. The van der Waals surface area contributed by atoms with Crippen molar-refractivity contribution in [3.63, 3.8) is 0 Å². The number of carbonyl (C=O) groups excluding carboxylic acids is 1. The molecule has 48 valence electrons. The quantitative estimate of drug-likeness (QED) is 0.658. The lowest BCUT2D eigenvalue weighted by Gasteiger charge is -1.74. The Morgan fingerprint density at radius 1 is 1.78 bits per heavy atom. The fraction of sp³-hybridized carbons (Fsp3) is 0.200. The van der Waals surface area contributed by atoms with E-state index in [-0.39, 0.29) is 0 Å². The Kier molecular flexibility index (Phi) is 1.97. The van der Waals surface area contributed by atoms with Gasteiger partial charge in [-0.05, 0) is 22.9 Å². The van der Waals surface area contributed by atoms with Crippen molar-refractivity contribution >= 4 is 33.6 Å². The van der Waals surface area contributed by atoms with E-state index in [9.17, 15) is 4.79 Å². The van der Waals surface area contributed by atoms with E-state index < -0.39 is 0 Å². The van der Waals surface area contributed by atoms with E-state index in [1.807, 2.05) is 6.92 Å². The van der Waals surface area contributed by atoms with Crippen LogP contribution in [0.2, 0.25) is 0 Å². The molecule has 0 atom stereocenters. The van der Waals surface area contributed by atoms with Crippen LogP contribution >= 0.6 is 27.3 Å². The third kappa shape index (κ3) is 1.37. The standard InChI is InChI=1S/C5H4BrNOS/c1-3-7-5(6)4(2-8)9-3/h2H,1H3. The van der Waals surface area contributed by atoms with Crippen molar-refractivity contribution < 1.29 is 4.79 Å². The Morgan fingerprint density at radius 2 is 2.44 bits per heavy atom. The molecule has 0 aliphatic carbocycles. The lowest BCUT2D eigenvalue weighted by atomic mass is 10.6. The molecule has 0 amide bonds. The van der Waals surface area contributed by atoms with Crippen LogP contribution in [-0.4, -0.2) is 11.3 Å². The molecule has 2 nitrogen and oxygen atoms in total. The Labute approximate surface area is 65.1 Å². The third-order valence-electron chi connectivity index (χ3n) is 0.824. The van der Waals surface area contributed by atoms with Crippen LogP contribution < -0.4 is 0 Å². The Balaban J connectivity index is 3.15. The minimum atomic E-state index is 0.653. The average Bonchev–Trinajstić information content (AvgIpc) is 2.10. The summed E-state index contributed by atoms with van der Waals surface area (Å²) in [6.07, 6.45) is 0.800. The van der Waals surface area contributed by atoms with Crippen LogP contribution in [0.25, 0.3) is 0 Å². The maximum atomic E-state index is 10.2. The summed E-state index contributed by atoms with van der Waals surface area (Å²) in [5.41, 5.74) is 0. The van der Waals surface area contributed by atoms with Crippen LogP contribution in [-0.2, 0) is 0 Å². The predicted octanol–water partition coefficient (Wildman–Crippen LogP) is 2.03. The van der Waals surface area contributed by atoms with E-state index in [0.717, 1.165) is 11.3 Å². The zero-order valence-electron chi connectivity index (χ0n) is 4.72. The van der Waals surface area contributed by atoms with E-state index in [2.05, 4.69) is 20.9 Å². The van der Waals surface area contributed by atoms with E-state index in [1.54, 1.807) is 0 Å². The van der Waals surface area contributed by atoms with Crippen molar-refractivity contribution in [3.8, 4) is 0 Å². The third-order valence-corrected chi connectivity index (χ3v) is 2.59. The largest absolute Gasteiger partial charge is 0.297 e. The highest BCUT2D eigenvalue weighted by Crippen LogP contribution is 2.20. The molecule has 0 aliphatic heterocycles. The molecular formula is C5H4BrNOS. The number of hydrogen-bond acceptors (Lipinski definition) is 3. The number of carbonyl (C=O) groups is 1. The number of aryl methyl sites for hydroxylation is 1. The molecule has 0 saturated carbocycles. The van der Waals surface area contributed by atoms with Gasteiger partial charge >= 0.3 is 0 Å². The number of thiazole rings is 1. The van der Waals surface area contributed by atoms with Gasteiger partial charge in [-0.1, -0.05) is 0 Å². The van der Waals surface area contributed by atoms with E-state index in [1.165, 1.54) is 11.3 Å². The Hall–Kier alpha value is -0.220. The Bertz CT molecular complexity index is 233. The molecule has 1 rings (SSSR count). The van der Waals surface area contributed by atoms with Gasteiger partial charge in [-0.25, -0.2) is 4.98 Å². The van der Waals surface area contributed by atoms with Gasteiger partial charge in [0.1, 0.15) is 9.48 Å². The van der Waals surface area contributed by atoms with Crippen LogP contribution in [0.15, 0.2) is 4.60 Å². The summed E-state index contributed by atoms with van der Waals surface area (Å²) in [6, 6.07) is 0. The molecule has 4 heteroatoms. The van der Waals surface area contributed by atoms with Gasteiger partial charge in [-0.15, -0.1) is 11.3 Å². The van der Waals surface area contributed by atoms with E-state index in [0.29, 0.717) is 9.48 Å². The summed E-state index contributed by atoms with van der Waals surface area (Å²) >= 11 is 4.53. The van der Waals surface area contributed by atoms with Gasteiger partial charge in [0.15, 0.2) is 6.29 Å². The fourth-order valence-corrected chi connectivity index (χ4v) is 1.84. The number of rotatable bonds is 1. The minimum absolute atomic E-state index is 0.653. The lowest BCUT2D eigenvalue weighted by molar-refractivity contribution is 0.112. The highest BCUT2D eigenvalue weighted by molar-refractivity contribution is 9.10. The molecule has 1 aromatic heterocycles. The second-order valence-electron chi connectivity index (χ2n) is 1.51. The predicted molar refractivity (Wildman–Crippen MR) is 39.9 cm³/mol. The van der Waals surface area contributed by atoms with Crippen molar-refractivity contribution in [2.24, 2.45) is 0 Å². The first-order valence-electron chi connectivity index (χ1n) is 2.32.